The van der Waals surface area contributed by atoms with Gasteiger partial charge in [-0.05, 0) is 48.2 Å². The zero-order chi connectivity index (χ0) is 23.9. The van der Waals surface area contributed by atoms with Crippen LogP contribution in [0.25, 0.3) is 0 Å². The minimum atomic E-state index is -0.476. The number of nitriles is 1. The maximum Gasteiger partial charge on any atom is 0.264 e. The highest BCUT2D eigenvalue weighted by atomic mass is 79.9. The second kappa shape index (κ2) is 11.2. The summed E-state index contributed by atoms with van der Waals surface area (Å²) in [7, 11) is 0. The molecule has 0 saturated carbocycles. The predicted octanol–water partition coefficient (Wildman–Crippen LogP) is 5.23. The molecule has 0 radical (unpaired) electrons. The third-order valence-electron chi connectivity index (χ3n) is 5.40. The lowest BCUT2D eigenvalue weighted by Gasteiger charge is -2.19. The van der Waals surface area contributed by atoms with Gasteiger partial charge in [0.25, 0.3) is 5.91 Å². The summed E-state index contributed by atoms with van der Waals surface area (Å²) < 4.78 is 0.876. The average molecular weight is 532 g/mol. The molecule has 1 aliphatic heterocycles. The van der Waals surface area contributed by atoms with Crippen LogP contribution in [0.2, 0.25) is 0 Å². The first-order valence-electron chi connectivity index (χ1n) is 10.8. The van der Waals surface area contributed by atoms with Crippen LogP contribution < -0.4 is 10.2 Å². The third kappa shape index (κ3) is 5.58. The number of hydrogen-bond acceptors (Lipinski definition) is 4. The number of amides is 2. The number of rotatable bonds is 7. The zero-order valence-electron chi connectivity index (χ0n) is 18.3. The summed E-state index contributed by atoms with van der Waals surface area (Å²) >= 11 is 4.69. The van der Waals surface area contributed by atoms with E-state index in [0.29, 0.717) is 30.1 Å². The molecule has 34 heavy (non-hydrogen) atoms. The maximum atomic E-state index is 13.5. The molecule has 1 fully saturated rings. The van der Waals surface area contributed by atoms with E-state index in [-0.39, 0.29) is 11.5 Å². The Morgan fingerprint density at radius 2 is 1.59 bits per heavy atom. The standard InChI is InChI=1S/C27H22BrN3O2S/c28-21-11-13-22(14-12-21)31-26(33)24(17-20-9-5-2-6-10-20)34-27(31)23(18-29)25(32)30-16-15-19-7-3-1-4-8-19/h1-14,24H,15-17H2,(H,30,32). The molecule has 1 saturated heterocycles. The van der Waals surface area contributed by atoms with Gasteiger partial charge in [0.1, 0.15) is 16.7 Å². The van der Waals surface area contributed by atoms with Crippen molar-refractivity contribution in [1.82, 2.24) is 5.32 Å². The minimum absolute atomic E-state index is 0.0510. The van der Waals surface area contributed by atoms with Crippen LogP contribution in [-0.2, 0) is 22.4 Å². The highest BCUT2D eigenvalue weighted by molar-refractivity contribution is 9.10. The van der Waals surface area contributed by atoms with E-state index in [4.69, 9.17) is 0 Å². The maximum absolute atomic E-state index is 13.5. The Morgan fingerprint density at radius 1 is 0.971 bits per heavy atom. The number of carbonyl (C=O) groups excluding carboxylic acids is 2. The molecule has 3 aromatic carbocycles. The molecular weight excluding hydrogens is 510 g/mol. The molecule has 4 rings (SSSR count). The molecule has 3 aromatic rings. The summed E-state index contributed by atoms with van der Waals surface area (Å²) in [5.41, 5.74) is 2.69. The fourth-order valence-electron chi connectivity index (χ4n) is 3.69. The van der Waals surface area contributed by atoms with Gasteiger partial charge in [-0.1, -0.05) is 88.4 Å². The van der Waals surface area contributed by atoms with E-state index in [2.05, 4.69) is 27.3 Å². The van der Waals surface area contributed by atoms with Crippen molar-refractivity contribution in [2.45, 2.75) is 18.1 Å². The van der Waals surface area contributed by atoms with Crippen molar-refractivity contribution >= 4 is 45.2 Å². The lowest BCUT2D eigenvalue weighted by Crippen LogP contribution is -2.32. The highest BCUT2D eigenvalue weighted by Gasteiger charge is 2.40. The number of carbonyl (C=O) groups is 2. The summed E-state index contributed by atoms with van der Waals surface area (Å²) in [6.07, 6.45) is 1.16. The lowest BCUT2D eigenvalue weighted by atomic mass is 10.1. The van der Waals surface area contributed by atoms with Gasteiger partial charge in [-0.3, -0.25) is 14.5 Å². The van der Waals surface area contributed by atoms with Gasteiger partial charge >= 0.3 is 0 Å². The SMILES string of the molecule is N#CC(C(=O)NCCc1ccccc1)=C1SC(Cc2ccccc2)C(=O)N1c1ccc(Br)cc1. The number of halogens is 1. The Bertz CT molecular complexity index is 1240. The van der Waals surface area contributed by atoms with Crippen molar-refractivity contribution in [1.29, 1.82) is 5.26 Å². The van der Waals surface area contributed by atoms with Crippen LogP contribution in [0, 0.1) is 11.3 Å². The Labute approximate surface area is 211 Å². The van der Waals surface area contributed by atoms with Crippen molar-refractivity contribution < 1.29 is 9.59 Å². The molecule has 1 atom stereocenters. The van der Waals surface area contributed by atoms with E-state index in [1.807, 2.05) is 72.8 Å². The van der Waals surface area contributed by atoms with Gasteiger partial charge in [0.2, 0.25) is 5.91 Å². The number of hydrogen-bond donors (Lipinski definition) is 1. The van der Waals surface area contributed by atoms with Crippen LogP contribution in [0.15, 0.2) is 100 Å². The number of nitrogens with zero attached hydrogens (tertiary/aromatic N) is 2. The van der Waals surface area contributed by atoms with Crippen LogP contribution >= 0.6 is 27.7 Å². The molecular formula is C27H22BrN3O2S. The molecule has 5 nitrogen and oxygen atoms in total. The predicted molar refractivity (Wildman–Crippen MR) is 139 cm³/mol. The molecule has 1 heterocycles. The van der Waals surface area contributed by atoms with E-state index >= 15 is 0 Å². The van der Waals surface area contributed by atoms with Gasteiger partial charge in [-0.15, -0.1) is 0 Å². The Kier molecular flexibility index (Phi) is 7.84. The zero-order valence-corrected chi connectivity index (χ0v) is 20.7. The molecule has 0 spiro atoms. The van der Waals surface area contributed by atoms with E-state index in [1.165, 1.54) is 16.7 Å². The summed E-state index contributed by atoms with van der Waals surface area (Å²) in [6.45, 7) is 0.394. The minimum Gasteiger partial charge on any atom is -0.351 e. The van der Waals surface area contributed by atoms with E-state index in [0.717, 1.165) is 15.6 Å². The Balaban J connectivity index is 1.61. The molecule has 1 aliphatic rings. The van der Waals surface area contributed by atoms with Gasteiger partial charge in [0, 0.05) is 16.7 Å². The van der Waals surface area contributed by atoms with Crippen LogP contribution in [0.5, 0.6) is 0 Å². The van der Waals surface area contributed by atoms with Crippen molar-refractivity contribution in [2.75, 3.05) is 11.4 Å². The molecule has 170 valence electrons. The Morgan fingerprint density at radius 3 is 2.21 bits per heavy atom. The van der Waals surface area contributed by atoms with E-state index in [9.17, 15) is 14.9 Å². The molecule has 7 heteroatoms. The molecule has 1 N–H and O–H groups in total. The largest absolute Gasteiger partial charge is 0.351 e. The Hall–Kier alpha value is -3.34. The van der Waals surface area contributed by atoms with Gasteiger partial charge in [0.15, 0.2) is 0 Å². The lowest BCUT2D eigenvalue weighted by molar-refractivity contribution is -0.117. The normalized spacial score (nSPS) is 16.8. The monoisotopic (exact) mass is 531 g/mol. The number of thioether (sulfide) groups is 1. The average Bonchev–Trinajstić information content (AvgIpc) is 3.17. The summed E-state index contributed by atoms with van der Waals surface area (Å²) in [5.74, 6) is -0.618. The van der Waals surface area contributed by atoms with Crippen molar-refractivity contribution in [3.05, 3.63) is 111 Å². The summed E-state index contributed by atoms with van der Waals surface area (Å²) in [6, 6.07) is 28.9. The van der Waals surface area contributed by atoms with Crippen LogP contribution in [0.4, 0.5) is 5.69 Å². The van der Waals surface area contributed by atoms with Crippen molar-refractivity contribution in [2.24, 2.45) is 0 Å². The number of benzene rings is 3. The first-order chi connectivity index (χ1) is 16.6. The highest BCUT2D eigenvalue weighted by Crippen LogP contribution is 2.42. The molecule has 0 bridgehead atoms. The fourth-order valence-corrected chi connectivity index (χ4v) is 5.27. The van der Waals surface area contributed by atoms with Gasteiger partial charge < -0.3 is 5.32 Å². The van der Waals surface area contributed by atoms with E-state index < -0.39 is 11.2 Å². The fraction of sp³-hybridized carbons (Fsp3) is 0.148. The smallest absolute Gasteiger partial charge is 0.264 e. The van der Waals surface area contributed by atoms with Crippen molar-refractivity contribution in [3.63, 3.8) is 0 Å². The molecule has 0 aliphatic carbocycles. The third-order valence-corrected chi connectivity index (χ3v) is 7.19. The van der Waals surface area contributed by atoms with Crippen LogP contribution in [0.1, 0.15) is 11.1 Å². The molecule has 1 unspecified atom stereocenters. The van der Waals surface area contributed by atoms with Crippen LogP contribution in [-0.4, -0.2) is 23.6 Å². The number of anilines is 1. The molecule has 2 amide bonds. The first kappa shape index (κ1) is 23.8. The topological polar surface area (TPSA) is 73.2 Å². The summed E-state index contributed by atoms with van der Waals surface area (Å²) in [5, 5.41) is 12.7. The second-order valence-electron chi connectivity index (χ2n) is 7.73. The molecule has 0 aromatic heterocycles. The summed E-state index contributed by atoms with van der Waals surface area (Å²) in [4.78, 5) is 28.0. The second-order valence-corrected chi connectivity index (χ2v) is 9.84. The van der Waals surface area contributed by atoms with Gasteiger partial charge in [-0.25, -0.2) is 0 Å². The van der Waals surface area contributed by atoms with E-state index in [1.54, 1.807) is 12.1 Å². The van der Waals surface area contributed by atoms with Crippen LogP contribution in [0.3, 0.4) is 0 Å². The number of nitrogens with one attached hydrogen (secondary N) is 1. The van der Waals surface area contributed by atoms with Gasteiger partial charge in [-0.2, -0.15) is 5.26 Å². The van der Waals surface area contributed by atoms with Gasteiger partial charge in [0.05, 0.1) is 5.25 Å². The quantitative estimate of drug-likeness (QED) is 0.334. The first-order valence-corrected chi connectivity index (χ1v) is 12.5. The van der Waals surface area contributed by atoms with Crippen molar-refractivity contribution in [3.8, 4) is 6.07 Å².